The van der Waals surface area contributed by atoms with Crippen molar-refractivity contribution in [2.45, 2.75) is 52.7 Å². The number of nitrogens with zero attached hydrogens (tertiary/aromatic N) is 2. The van der Waals surface area contributed by atoms with Crippen LogP contribution in [0, 0.1) is 0 Å². The minimum atomic E-state index is -0.738. The Morgan fingerprint density at radius 3 is 2.50 bits per heavy atom. The van der Waals surface area contributed by atoms with Crippen molar-refractivity contribution in [2.24, 2.45) is 0 Å². The topological polar surface area (TPSA) is 94.5 Å². The first kappa shape index (κ1) is 25.0. The van der Waals surface area contributed by atoms with Crippen molar-refractivity contribution in [2.75, 3.05) is 6.61 Å². The number of esters is 1. The Labute approximate surface area is 211 Å². The predicted octanol–water partition coefficient (Wildman–Crippen LogP) is 5.30. The third kappa shape index (κ3) is 5.59. The number of unbranched alkanes of at least 4 members (excludes halogenated alkanes) is 1. The maximum atomic E-state index is 13.1. The van der Waals surface area contributed by atoms with Gasteiger partial charge in [0.05, 0.1) is 35.7 Å². The fraction of sp³-hybridized carbons (Fsp3) is 0.321. The first-order valence-electron chi connectivity index (χ1n) is 12.2. The van der Waals surface area contributed by atoms with Gasteiger partial charge in [0.1, 0.15) is 5.75 Å². The zero-order chi connectivity index (χ0) is 25.7. The van der Waals surface area contributed by atoms with Gasteiger partial charge in [-0.3, -0.25) is 0 Å². The predicted molar refractivity (Wildman–Crippen MR) is 138 cm³/mol. The SMILES string of the molecule is CCCCOc1ccc(-c2nn(-c3ccccc3)cc2[C@@H]2NC(=O)NC(C)=C2C(=O)OC(C)C)cc1. The average Bonchev–Trinajstić information content (AvgIpc) is 3.30. The fourth-order valence-corrected chi connectivity index (χ4v) is 4.05. The van der Waals surface area contributed by atoms with Crippen LogP contribution in [0.4, 0.5) is 4.79 Å². The van der Waals surface area contributed by atoms with E-state index in [0.717, 1.165) is 29.8 Å². The van der Waals surface area contributed by atoms with Gasteiger partial charge in [0.25, 0.3) is 0 Å². The Kier molecular flexibility index (Phi) is 7.73. The van der Waals surface area contributed by atoms with Gasteiger partial charge >= 0.3 is 12.0 Å². The lowest BCUT2D eigenvalue weighted by atomic mass is 9.93. The van der Waals surface area contributed by atoms with Crippen LogP contribution in [0.2, 0.25) is 0 Å². The second kappa shape index (κ2) is 11.1. The standard InChI is InChI=1S/C28H32N4O4/c1-5-6-16-35-22-14-12-20(13-15-22)25-23(17-32(31-25)21-10-8-7-9-11-21)26-24(27(33)36-18(2)3)19(4)29-28(34)30-26/h7-15,17-18,26H,5-6,16H2,1-4H3,(H2,29,30,34)/t26-/m0/s1. The zero-order valence-electron chi connectivity index (χ0n) is 21.1. The molecule has 2 amide bonds. The van der Waals surface area contributed by atoms with Crippen molar-refractivity contribution in [3.8, 4) is 22.7 Å². The number of carbonyl (C=O) groups excluding carboxylic acids is 2. The molecule has 0 unspecified atom stereocenters. The van der Waals surface area contributed by atoms with Gasteiger partial charge in [0.15, 0.2) is 0 Å². The molecule has 4 rings (SSSR count). The highest BCUT2D eigenvalue weighted by molar-refractivity contribution is 5.95. The molecule has 8 heteroatoms. The smallest absolute Gasteiger partial charge is 0.338 e. The number of para-hydroxylation sites is 1. The number of benzene rings is 2. The van der Waals surface area contributed by atoms with E-state index in [2.05, 4.69) is 17.6 Å². The zero-order valence-corrected chi connectivity index (χ0v) is 21.1. The maximum absolute atomic E-state index is 13.1. The lowest BCUT2D eigenvalue weighted by molar-refractivity contribution is -0.143. The Balaban J connectivity index is 1.79. The van der Waals surface area contributed by atoms with Crippen LogP contribution in [-0.4, -0.2) is 34.5 Å². The normalized spacial score (nSPS) is 15.5. The van der Waals surface area contributed by atoms with Crippen LogP contribution in [0.25, 0.3) is 16.9 Å². The number of aromatic nitrogens is 2. The van der Waals surface area contributed by atoms with Crippen LogP contribution in [0.3, 0.4) is 0 Å². The molecule has 2 aromatic carbocycles. The molecule has 0 radical (unpaired) electrons. The summed E-state index contributed by atoms with van der Waals surface area (Å²) >= 11 is 0. The highest BCUT2D eigenvalue weighted by Crippen LogP contribution is 2.35. The fourth-order valence-electron chi connectivity index (χ4n) is 4.05. The molecule has 1 aliphatic rings. The number of rotatable bonds is 9. The summed E-state index contributed by atoms with van der Waals surface area (Å²) < 4.78 is 13.1. The van der Waals surface area contributed by atoms with Crippen LogP contribution in [0.5, 0.6) is 5.75 Å². The van der Waals surface area contributed by atoms with Crippen LogP contribution in [-0.2, 0) is 9.53 Å². The van der Waals surface area contributed by atoms with Crippen molar-refractivity contribution in [3.63, 3.8) is 0 Å². The molecule has 1 atom stereocenters. The summed E-state index contributed by atoms with van der Waals surface area (Å²) in [5.41, 5.74) is 3.82. The number of ether oxygens (including phenoxy) is 2. The number of carbonyl (C=O) groups is 2. The third-order valence-electron chi connectivity index (χ3n) is 5.80. The second-order valence-corrected chi connectivity index (χ2v) is 8.96. The largest absolute Gasteiger partial charge is 0.494 e. The van der Waals surface area contributed by atoms with Crippen LogP contribution >= 0.6 is 0 Å². The van der Waals surface area contributed by atoms with Gasteiger partial charge in [0.2, 0.25) is 0 Å². The molecule has 0 spiro atoms. The number of hydrogen-bond donors (Lipinski definition) is 2. The summed E-state index contributed by atoms with van der Waals surface area (Å²) in [6.45, 7) is 8.07. The molecule has 1 aromatic heterocycles. The summed E-state index contributed by atoms with van der Waals surface area (Å²) in [6, 6.07) is 16.3. The minimum absolute atomic E-state index is 0.303. The maximum Gasteiger partial charge on any atom is 0.338 e. The van der Waals surface area contributed by atoms with Gasteiger partial charge in [-0.15, -0.1) is 0 Å². The molecular weight excluding hydrogens is 456 g/mol. The summed E-state index contributed by atoms with van der Waals surface area (Å²) in [7, 11) is 0. The first-order chi connectivity index (χ1) is 17.4. The third-order valence-corrected chi connectivity index (χ3v) is 5.80. The number of nitrogens with one attached hydrogen (secondary N) is 2. The molecule has 2 heterocycles. The molecule has 0 saturated carbocycles. The van der Waals surface area contributed by atoms with E-state index in [0.29, 0.717) is 29.1 Å². The van der Waals surface area contributed by atoms with E-state index in [4.69, 9.17) is 14.6 Å². The molecule has 2 N–H and O–H groups in total. The lowest BCUT2D eigenvalue weighted by Crippen LogP contribution is -2.45. The van der Waals surface area contributed by atoms with Gasteiger partial charge in [-0.2, -0.15) is 5.10 Å². The van der Waals surface area contributed by atoms with Gasteiger partial charge in [-0.1, -0.05) is 31.5 Å². The molecule has 0 fully saturated rings. The molecule has 0 bridgehead atoms. The molecule has 8 nitrogen and oxygen atoms in total. The van der Waals surface area contributed by atoms with E-state index < -0.39 is 18.0 Å². The summed E-state index contributed by atoms with van der Waals surface area (Å²) in [4.78, 5) is 25.6. The Hall–Kier alpha value is -4.07. The summed E-state index contributed by atoms with van der Waals surface area (Å²) in [5, 5.41) is 10.5. The molecular formula is C28H32N4O4. The molecule has 188 valence electrons. The molecule has 3 aromatic rings. The van der Waals surface area contributed by atoms with E-state index >= 15 is 0 Å². The number of hydrogen-bond acceptors (Lipinski definition) is 5. The summed E-state index contributed by atoms with van der Waals surface area (Å²) in [6.07, 6.45) is 3.60. The first-order valence-corrected chi connectivity index (χ1v) is 12.2. The molecule has 1 aliphatic heterocycles. The quantitative estimate of drug-likeness (QED) is 0.315. The molecule has 0 saturated heterocycles. The Bertz CT molecular complexity index is 1250. The van der Waals surface area contributed by atoms with Crippen LogP contribution in [0.1, 0.15) is 52.1 Å². The number of urea groups is 1. The highest BCUT2D eigenvalue weighted by Gasteiger charge is 2.35. The van der Waals surface area contributed by atoms with E-state index in [9.17, 15) is 9.59 Å². The molecule has 36 heavy (non-hydrogen) atoms. The monoisotopic (exact) mass is 488 g/mol. The minimum Gasteiger partial charge on any atom is -0.494 e. The highest BCUT2D eigenvalue weighted by atomic mass is 16.5. The van der Waals surface area contributed by atoms with E-state index in [1.807, 2.05) is 60.8 Å². The van der Waals surface area contributed by atoms with Crippen molar-refractivity contribution in [1.82, 2.24) is 20.4 Å². The van der Waals surface area contributed by atoms with Crippen molar-refractivity contribution < 1.29 is 19.1 Å². The van der Waals surface area contributed by atoms with Crippen LogP contribution < -0.4 is 15.4 Å². The number of amides is 2. The van der Waals surface area contributed by atoms with E-state index in [1.54, 1.807) is 25.5 Å². The number of allylic oxidation sites excluding steroid dienone is 1. The molecule has 0 aliphatic carbocycles. The Morgan fingerprint density at radius 1 is 1.11 bits per heavy atom. The van der Waals surface area contributed by atoms with Gasteiger partial charge in [-0.05, 0) is 63.6 Å². The van der Waals surface area contributed by atoms with E-state index in [1.165, 1.54) is 0 Å². The van der Waals surface area contributed by atoms with E-state index in [-0.39, 0.29) is 6.10 Å². The average molecular weight is 489 g/mol. The summed E-state index contributed by atoms with van der Waals surface area (Å²) in [5.74, 6) is 0.293. The van der Waals surface area contributed by atoms with Gasteiger partial charge in [0, 0.05) is 23.0 Å². The van der Waals surface area contributed by atoms with Crippen LogP contribution in [0.15, 0.2) is 72.1 Å². The van der Waals surface area contributed by atoms with Crippen molar-refractivity contribution in [1.29, 1.82) is 0 Å². The Morgan fingerprint density at radius 2 is 1.83 bits per heavy atom. The van der Waals surface area contributed by atoms with Gasteiger partial charge in [-0.25, -0.2) is 14.3 Å². The van der Waals surface area contributed by atoms with Crippen molar-refractivity contribution >= 4 is 12.0 Å². The van der Waals surface area contributed by atoms with Crippen molar-refractivity contribution in [3.05, 3.63) is 77.6 Å². The second-order valence-electron chi connectivity index (χ2n) is 8.96. The lowest BCUT2D eigenvalue weighted by Gasteiger charge is -2.28. The van der Waals surface area contributed by atoms with Gasteiger partial charge < -0.3 is 20.1 Å².